The first kappa shape index (κ1) is 16.5. The highest BCUT2D eigenvalue weighted by molar-refractivity contribution is 8.26. The highest BCUT2D eigenvalue weighted by atomic mass is 35.5. The van der Waals surface area contributed by atoms with E-state index in [4.69, 9.17) is 35.4 Å². The van der Waals surface area contributed by atoms with Crippen LogP contribution in [-0.2, 0) is 11.3 Å². The number of amides is 1. The number of hydrogen-bond acceptors (Lipinski definition) is 3. The molecule has 0 atom stereocenters. The largest absolute Gasteiger partial charge is 0.288 e. The third kappa shape index (κ3) is 3.78. The lowest BCUT2D eigenvalue weighted by Gasteiger charge is -2.14. The lowest BCUT2D eigenvalue weighted by Crippen LogP contribution is -2.27. The van der Waals surface area contributed by atoms with Gasteiger partial charge in [-0.1, -0.05) is 83.6 Å². The van der Waals surface area contributed by atoms with Crippen molar-refractivity contribution in [3.63, 3.8) is 0 Å². The topological polar surface area (TPSA) is 20.3 Å². The molecule has 2 aromatic carbocycles. The maximum Gasteiger partial charge on any atom is 0.266 e. The number of halogens is 2. The van der Waals surface area contributed by atoms with E-state index < -0.39 is 0 Å². The molecule has 2 aromatic rings. The number of thiocarbonyl (C=S) groups is 1. The van der Waals surface area contributed by atoms with Crippen LogP contribution < -0.4 is 0 Å². The lowest BCUT2D eigenvalue weighted by molar-refractivity contribution is -0.122. The summed E-state index contributed by atoms with van der Waals surface area (Å²) in [5, 5.41) is 0.945. The molecule has 1 aliphatic heterocycles. The fraction of sp³-hybridized carbons (Fsp3) is 0.0588. The van der Waals surface area contributed by atoms with Crippen molar-refractivity contribution >= 4 is 63.5 Å². The molecular formula is C17H11Cl2NOS2. The Labute approximate surface area is 154 Å². The molecule has 0 bridgehead atoms. The zero-order valence-electron chi connectivity index (χ0n) is 11.8. The predicted octanol–water partition coefficient (Wildman–Crippen LogP) is 5.39. The van der Waals surface area contributed by atoms with Crippen molar-refractivity contribution in [3.8, 4) is 0 Å². The zero-order valence-corrected chi connectivity index (χ0v) is 15.0. The van der Waals surface area contributed by atoms with Crippen LogP contribution in [0.2, 0.25) is 10.0 Å². The summed E-state index contributed by atoms with van der Waals surface area (Å²) >= 11 is 18.6. The number of rotatable bonds is 3. The Morgan fingerprint density at radius 2 is 1.83 bits per heavy atom. The number of benzene rings is 2. The fourth-order valence-electron chi connectivity index (χ4n) is 2.16. The second-order valence-corrected chi connectivity index (χ2v) is 7.42. The van der Waals surface area contributed by atoms with Gasteiger partial charge in [-0.25, -0.2) is 0 Å². The molecule has 0 spiro atoms. The molecule has 3 rings (SSSR count). The summed E-state index contributed by atoms with van der Waals surface area (Å²) in [7, 11) is 0. The molecule has 0 unspecified atom stereocenters. The summed E-state index contributed by atoms with van der Waals surface area (Å²) in [6, 6.07) is 15.0. The summed E-state index contributed by atoms with van der Waals surface area (Å²) in [5.74, 6) is -0.0880. The minimum Gasteiger partial charge on any atom is -0.288 e. The van der Waals surface area contributed by atoms with E-state index in [1.807, 2.05) is 36.4 Å². The molecule has 2 nitrogen and oxygen atoms in total. The van der Waals surface area contributed by atoms with Crippen LogP contribution in [0.4, 0.5) is 0 Å². The summed E-state index contributed by atoms with van der Waals surface area (Å²) in [5.41, 5.74) is 1.86. The quantitative estimate of drug-likeness (QED) is 0.526. The van der Waals surface area contributed by atoms with Gasteiger partial charge in [-0.15, -0.1) is 0 Å². The van der Waals surface area contributed by atoms with Crippen molar-refractivity contribution in [2.45, 2.75) is 6.54 Å². The Balaban J connectivity index is 1.83. The second kappa shape index (κ2) is 7.05. The first-order chi connectivity index (χ1) is 11.0. The molecule has 1 heterocycles. The normalized spacial score (nSPS) is 16.4. The van der Waals surface area contributed by atoms with Crippen LogP contribution in [0.3, 0.4) is 0 Å². The van der Waals surface area contributed by atoms with Crippen LogP contribution in [-0.4, -0.2) is 15.1 Å². The number of hydrogen-bond donors (Lipinski definition) is 0. The SMILES string of the molecule is O=C1/C(=C/c2ccc(Cl)c(Cl)c2)SC(=S)N1Cc1ccccc1. The van der Waals surface area contributed by atoms with E-state index in [1.165, 1.54) is 11.8 Å². The minimum atomic E-state index is -0.0880. The zero-order chi connectivity index (χ0) is 16.4. The Kier molecular flexibility index (Phi) is 5.07. The Hall–Kier alpha value is -1.33. The van der Waals surface area contributed by atoms with Crippen LogP contribution in [0.1, 0.15) is 11.1 Å². The molecule has 0 saturated carbocycles. The van der Waals surface area contributed by atoms with Gasteiger partial charge in [-0.2, -0.15) is 0 Å². The molecule has 116 valence electrons. The van der Waals surface area contributed by atoms with Crippen molar-refractivity contribution in [1.29, 1.82) is 0 Å². The third-order valence-electron chi connectivity index (χ3n) is 3.30. The lowest BCUT2D eigenvalue weighted by atomic mass is 10.2. The van der Waals surface area contributed by atoms with Crippen LogP contribution in [0.15, 0.2) is 53.4 Å². The molecule has 1 amide bonds. The first-order valence-electron chi connectivity index (χ1n) is 6.79. The molecule has 6 heteroatoms. The van der Waals surface area contributed by atoms with E-state index in [1.54, 1.807) is 23.1 Å². The summed E-state index contributed by atoms with van der Waals surface area (Å²) in [4.78, 5) is 14.8. The Morgan fingerprint density at radius 3 is 2.52 bits per heavy atom. The third-order valence-corrected chi connectivity index (χ3v) is 5.42. The van der Waals surface area contributed by atoms with E-state index in [0.29, 0.717) is 25.8 Å². The first-order valence-corrected chi connectivity index (χ1v) is 8.77. The van der Waals surface area contributed by atoms with Gasteiger partial charge in [0.15, 0.2) is 0 Å². The number of nitrogens with zero attached hydrogens (tertiary/aromatic N) is 1. The van der Waals surface area contributed by atoms with E-state index in [9.17, 15) is 4.79 Å². The van der Waals surface area contributed by atoms with Gasteiger partial charge in [0.25, 0.3) is 5.91 Å². The van der Waals surface area contributed by atoms with Gasteiger partial charge in [-0.3, -0.25) is 9.69 Å². The van der Waals surface area contributed by atoms with Gasteiger partial charge >= 0.3 is 0 Å². The Morgan fingerprint density at radius 1 is 1.09 bits per heavy atom. The van der Waals surface area contributed by atoms with Gasteiger partial charge in [0, 0.05) is 0 Å². The summed E-state index contributed by atoms with van der Waals surface area (Å²) in [6.45, 7) is 0.476. The van der Waals surface area contributed by atoms with Crippen LogP contribution in [0.5, 0.6) is 0 Å². The molecule has 1 fully saturated rings. The van der Waals surface area contributed by atoms with E-state index in [2.05, 4.69) is 0 Å². The maximum atomic E-state index is 12.6. The van der Waals surface area contributed by atoms with Crippen molar-refractivity contribution in [3.05, 3.63) is 74.6 Å². The molecule has 0 N–H and O–H groups in total. The average Bonchev–Trinajstić information content (AvgIpc) is 2.80. The monoisotopic (exact) mass is 379 g/mol. The summed E-state index contributed by atoms with van der Waals surface area (Å²) in [6.07, 6.45) is 1.78. The van der Waals surface area contributed by atoms with E-state index in [0.717, 1.165) is 11.1 Å². The fourth-order valence-corrected chi connectivity index (χ4v) is 3.72. The summed E-state index contributed by atoms with van der Waals surface area (Å²) < 4.78 is 0.560. The Bertz CT molecular complexity index is 805. The second-order valence-electron chi connectivity index (χ2n) is 4.93. The van der Waals surface area contributed by atoms with Gasteiger partial charge in [-0.05, 0) is 29.3 Å². The van der Waals surface area contributed by atoms with Gasteiger partial charge < -0.3 is 0 Å². The molecule has 1 saturated heterocycles. The van der Waals surface area contributed by atoms with Crippen molar-refractivity contribution < 1.29 is 4.79 Å². The predicted molar refractivity (Wildman–Crippen MR) is 102 cm³/mol. The highest BCUT2D eigenvalue weighted by Crippen LogP contribution is 2.34. The molecule has 0 aromatic heterocycles. The molecule has 23 heavy (non-hydrogen) atoms. The molecular weight excluding hydrogens is 369 g/mol. The highest BCUT2D eigenvalue weighted by Gasteiger charge is 2.31. The van der Waals surface area contributed by atoms with Crippen LogP contribution >= 0.6 is 47.2 Å². The molecule has 0 aliphatic carbocycles. The van der Waals surface area contributed by atoms with Crippen molar-refractivity contribution in [1.82, 2.24) is 4.90 Å². The maximum absolute atomic E-state index is 12.6. The van der Waals surface area contributed by atoms with Crippen LogP contribution in [0, 0.1) is 0 Å². The number of carbonyl (C=O) groups excluding carboxylic acids is 1. The van der Waals surface area contributed by atoms with Crippen molar-refractivity contribution in [2.75, 3.05) is 0 Å². The van der Waals surface area contributed by atoms with Gasteiger partial charge in [0.1, 0.15) is 4.32 Å². The van der Waals surface area contributed by atoms with E-state index >= 15 is 0 Å². The smallest absolute Gasteiger partial charge is 0.266 e. The molecule has 1 aliphatic rings. The van der Waals surface area contributed by atoms with Crippen molar-refractivity contribution in [2.24, 2.45) is 0 Å². The average molecular weight is 380 g/mol. The standard InChI is InChI=1S/C17H11Cl2NOS2/c18-13-7-6-12(8-14(13)19)9-15-16(21)20(17(22)23-15)10-11-4-2-1-3-5-11/h1-9H,10H2/b15-9-. The minimum absolute atomic E-state index is 0.0880. The number of carbonyl (C=O) groups is 1. The van der Waals surface area contributed by atoms with Gasteiger partial charge in [0.05, 0.1) is 21.5 Å². The molecule has 0 radical (unpaired) electrons. The number of thioether (sulfide) groups is 1. The van der Waals surface area contributed by atoms with Crippen LogP contribution in [0.25, 0.3) is 6.08 Å². The van der Waals surface area contributed by atoms with Gasteiger partial charge in [0.2, 0.25) is 0 Å². The van der Waals surface area contributed by atoms with E-state index in [-0.39, 0.29) is 5.91 Å².